The van der Waals surface area contributed by atoms with Crippen LogP contribution in [-0.4, -0.2) is 18.1 Å². The van der Waals surface area contributed by atoms with E-state index in [2.05, 4.69) is 15.0 Å². The second-order valence-electron chi connectivity index (χ2n) is 3.98. The van der Waals surface area contributed by atoms with Crippen LogP contribution < -0.4 is 5.32 Å². The lowest BCUT2D eigenvalue weighted by atomic mass is 10.2. The number of rotatable bonds is 4. The van der Waals surface area contributed by atoms with E-state index < -0.39 is 11.8 Å². The fourth-order valence-corrected chi connectivity index (χ4v) is 1.84. The van der Waals surface area contributed by atoms with E-state index in [0.29, 0.717) is 22.8 Å². The van der Waals surface area contributed by atoms with Crippen LogP contribution in [0.3, 0.4) is 0 Å². The third kappa shape index (κ3) is 3.24. The first-order chi connectivity index (χ1) is 9.61. The minimum absolute atomic E-state index is 0.230. The maximum absolute atomic E-state index is 13.5. The molecule has 1 aromatic heterocycles. The molecule has 0 atom stereocenters. The van der Waals surface area contributed by atoms with Gasteiger partial charge in [-0.1, -0.05) is 17.7 Å². The third-order valence-corrected chi connectivity index (χ3v) is 2.97. The highest BCUT2D eigenvalue weighted by atomic mass is 35.5. The van der Waals surface area contributed by atoms with Gasteiger partial charge in [-0.2, -0.15) is 0 Å². The van der Waals surface area contributed by atoms with Crippen LogP contribution in [0.25, 0.3) is 0 Å². The van der Waals surface area contributed by atoms with Gasteiger partial charge in [0, 0.05) is 6.20 Å². The number of para-hydroxylation sites is 1. The van der Waals surface area contributed by atoms with Gasteiger partial charge in [0.2, 0.25) is 0 Å². The molecule has 4 nitrogen and oxygen atoms in total. The largest absolute Gasteiger partial charge is 0.465 e. The Labute approximate surface area is 120 Å². The van der Waals surface area contributed by atoms with Crippen LogP contribution in [0.5, 0.6) is 0 Å². The number of anilines is 1. The van der Waals surface area contributed by atoms with E-state index in [-0.39, 0.29) is 5.69 Å². The summed E-state index contributed by atoms with van der Waals surface area (Å²) >= 11 is 5.90. The summed E-state index contributed by atoms with van der Waals surface area (Å²) in [4.78, 5) is 15.3. The molecule has 0 aliphatic carbocycles. The molecule has 0 aliphatic heterocycles. The molecule has 6 heteroatoms. The first kappa shape index (κ1) is 14.3. The topological polar surface area (TPSA) is 51.2 Å². The molecule has 0 fully saturated rings. The van der Waals surface area contributed by atoms with E-state index in [0.717, 1.165) is 0 Å². The summed E-state index contributed by atoms with van der Waals surface area (Å²) in [5, 5.41) is 3.18. The van der Waals surface area contributed by atoms with Gasteiger partial charge in [-0.25, -0.2) is 9.18 Å². The molecule has 1 heterocycles. The highest BCUT2D eigenvalue weighted by Gasteiger charge is 2.08. The molecular formula is C14H12ClFN2O2. The smallest absolute Gasteiger partial charge is 0.339 e. The molecule has 2 aromatic rings. The number of carbonyl (C=O) groups is 1. The fourth-order valence-electron chi connectivity index (χ4n) is 1.61. The van der Waals surface area contributed by atoms with Gasteiger partial charge in [-0.15, -0.1) is 0 Å². The van der Waals surface area contributed by atoms with E-state index in [1.54, 1.807) is 18.2 Å². The summed E-state index contributed by atoms with van der Waals surface area (Å²) in [6, 6.07) is 7.71. The van der Waals surface area contributed by atoms with Crippen molar-refractivity contribution in [3.63, 3.8) is 0 Å². The predicted molar refractivity (Wildman–Crippen MR) is 74.3 cm³/mol. The van der Waals surface area contributed by atoms with Crippen molar-refractivity contribution in [2.75, 3.05) is 12.4 Å². The number of halogens is 2. The van der Waals surface area contributed by atoms with Crippen molar-refractivity contribution < 1.29 is 13.9 Å². The molecule has 0 aliphatic rings. The zero-order chi connectivity index (χ0) is 14.5. The lowest BCUT2D eigenvalue weighted by molar-refractivity contribution is 0.0600. The number of hydrogen-bond donors (Lipinski definition) is 1. The van der Waals surface area contributed by atoms with Gasteiger partial charge in [-0.05, 0) is 24.3 Å². The molecule has 2 rings (SSSR count). The summed E-state index contributed by atoms with van der Waals surface area (Å²) < 4.78 is 18.1. The SMILES string of the molecule is COC(=O)c1ccc(CNc2c(F)cccc2Cl)nc1. The summed E-state index contributed by atoms with van der Waals surface area (Å²) in [6.07, 6.45) is 1.41. The standard InChI is InChI=1S/C14H12ClFN2O2/c1-20-14(19)9-5-6-10(17-7-9)8-18-13-11(15)3-2-4-12(13)16/h2-7,18H,8H2,1H3. The van der Waals surface area contributed by atoms with Gasteiger partial charge >= 0.3 is 5.97 Å². The molecule has 1 aromatic carbocycles. The number of nitrogens with zero attached hydrogens (tertiary/aromatic N) is 1. The predicted octanol–water partition coefficient (Wildman–Crippen LogP) is 3.27. The van der Waals surface area contributed by atoms with E-state index >= 15 is 0 Å². The average Bonchev–Trinajstić information content (AvgIpc) is 2.46. The molecule has 1 N–H and O–H groups in total. The Morgan fingerprint density at radius 2 is 2.20 bits per heavy atom. The number of benzene rings is 1. The molecule has 20 heavy (non-hydrogen) atoms. The quantitative estimate of drug-likeness (QED) is 0.879. The zero-order valence-electron chi connectivity index (χ0n) is 10.7. The van der Waals surface area contributed by atoms with Gasteiger partial charge in [-0.3, -0.25) is 4.98 Å². The van der Waals surface area contributed by atoms with E-state index in [9.17, 15) is 9.18 Å². The Balaban J connectivity index is 2.06. The molecule has 0 saturated heterocycles. The summed E-state index contributed by atoms with van der Waals surface area (Å²) in [5.41, 5.74) is 1.24. The number of hydrogen-bond acceptors (Lipinski definition) is 4. The van der Waals surface area contributed by atoms with Crippen molar-refractivity contribution in [1.29, 1.82) is 0 Å². The normalized spacial score (nSPS) is 10.2. The second kappa shape index (κ2) is 6.34. The van der Waals surface area contributed by atoms with Crippen LogP contribution in [0.15, 0.2) is 36.5 Å². The first-order valence-electron chi connectivity index (χ1n) is 5.83. The molecule has 0 spiro atoms. The fraction of sp³-hybridized carbons (Fsp3) is 0.143. The Morgan fingerprint density at radius 3 is 2.80 bits per heavy atom. The van der Waals surface area contributed by atoms with Crippen molar-refractivity contribution in [2.45, 2.75) is 6.54 Å². The number of ether oxygens (including phenoxy) is 1. The van der Waals surface area contributed by atoms with Gasteiger partial charge in [0.05, 0.1) is 35.6 Å². The lowest BCUT2D eigenvalue weighted by Gasteiger charge is -2.09. The van der Waals surface area contributed by atoms with Crippen molar-refractivity contribution in [1.82, 2.24) is 4.98 Å². The Kier molecular flexibility index (Phi) is 4.53. The van der Waals surface area contributed by atoms with Crippen LogP contribution in [-0.2, 0) is 11.3 Å². The molecule has 0 unspecified atom stereocenters. The maximum atomic E-state index is 13.5. The Morgan fingerprint density at radius 1 is 1.40 bits per heavy atom. The van der Waals surface area contributed by atoms with Crippen LogP contribution in [0.1, 0.15) is 16.1 Å². The maximum Gasteiger partial charge on any atom is 0.339 e. The number of esters is 1. The van der Waals surface area contributed by atoms with Crippen LogP contribution in [0.4, 0.5) is 10.1 Å². The van der Waals surface area contributed by atoms with Gasteiger partial charge in [0.25, 0.3) is 0 Å². The number of carbonyl (C=O) groups excluding carboxylic acids is 1. The molecular weight excluding hydrogens is 283 g/mol. The van der Waals surface area contributed by atoms with Gasteiger partial charge in [0.1, 0.15) is 5.82 Å². The van der Waals surface area contributed by atoms with E-state index in [4.69, 9.17) is 11.6 Å². The van der Waals surface area contributed by atoms with Gasteiger partial charge in [0.15, 0.2) is 0 Å². The third-order valence-electron chi connectivity index (χ3n) is 2.65. The minimum Gasteiger partial charge on any atom is -0.465 e. The summed E-state index contributed by atoms with van der Waals surface area (Å²) in [7, 11) is 1.30. The van der Waals surface area contributed by atoms with Crippen molar-refractivity contribution in [3.05, 3.63) is 58.6 Å². The summed E-state index contributed by atoms with van der Waals surface area (Å²) in [5.74, 6) is -0.877. The number of nitrogens with one attached hydrogen (secondary N) is 1. The highest BCUT2D eigenvalue weighted by Crippen LogP contribution is 2.24. The van der Waals surface area contributed by atoms with Crippen LogP contribution in [0.2, 0.25) is 5.02 Å². The molecule has 0 radical (unpaired) electrons. The van der Waals surface area contributed by atoms with Crippen molar-refractivity contribution in [2.24, 2.45) is 0 Å². The van der Waals surface area contributed by atoms with E-state index in [1.165, 1.54) is 25.4 Å². The molecule has 104 valence electrons. The van der Waals surface area contributed by atoms with Gasteiger partial charge < -0.3 is 10.1 Å². The van der Waals surface area contributed by atoms with Crippen molar-refractivity contribution >= 4 is 23.3 Å². The second-order valence-corrected chi connectivity index (χ2v) is 4.39. The molecule has 0 amide bonds. The first-order valence-corrected chi connectivity index (χ1v) is 6.20. The van der Waals surface area contributed by atoms with Crippen LogP contribution in [0, 0.1) is 5.82 Å². The lowest BCUT2D eigenvalue weighted by Crippen LogP contribution is -2.06. The minimum atomic E-state index is -0.450. The highest BCUT2D eigenvalue weighted by molar-refractivity contribution is 6.33. The number of pyridine rings is 1. The average molecular weight is 295 g/mol. The monoisotopic (exact) mass is 294 g/mol. The summed E-state index contributed by atoms with van der Waals surface area (Å²) in [6.45, 7) is 0.294. The zero-order valence-corrected chi connectivity index (χ0v) is 11.4. The number of aromatic nitrogens is 1. The van der Waals surface area contributed by atoms with E-state index in [1.807, 2.05) is 0 Å². The molecule has 0 bridgehead atoms. The van der Waals surface area contributed by atoms with Crippen LogP contribution >= 0.6 is 11.6 Å². The Hall–Kier alpha value is -2.14. The van der Waals surface area contributed by atoms with Crippen molar-refractivity contribution in [3.8, 4) is 0 Å². The number of methoxy groups -OCH3 is 1. The Bertz CT molecular complexity index is 597. The molecule has 0 saturated carbocycles.